The zero-order valence-electron chi connectivity index (χ0n) is 12.3. The van der Waals surface area contributed by atoms with Crippen molar-refractivity contribution in [3.63, 3.8) is 0 Å². The van der Waals surface area contributed by atoms with Crippen LogP contribution in [0.2, 0.25) is 0 Å². The van der Waals surface area contributed by atoms with Crippen LogP contribution in [-0.4, -0.2) is 32.4 Å². The highest BCUT2D eigenvalue weighted by atomic mass is 16.5. The molecule has 1 saturated heterocycles. The van der Waals surface area contributed by atoms with Gasteiger partial charge in [-0.1, -0.05) is 6.07 Å². The van der Waals surface area contributed by atoms with E-state index >= 15 is 0 Å². The molecule has 0 saturated carbocycles. The van der Waals surface area contributed by atoms with Gasteiger partial charge in [0.1, 0.15) is 5.75 Å². The summed E-state index contributed by atoms with van der Waals surface area (Å²) in [5, 5.41) is 0. The molecular formula is C15H24N2O2. The van der Waals surface area contributed by atoms with E-state index in [9.17, 15) is 0 Å². The Labute approximate surface area is 115 Å². The van der Waals surface area contributed by atoms with Gasteiger partial charge in [0.25, 0.3) is 0 Å². The minimum atomic E-state index is -0.129. The van der Waals surface area contributed by atoms with Crippen LogP contribution in [0.15, 0.2) is 18.2 Å². The summed E-state index contributed by atoms with van der Waals surface area (Å²) in [6, 6.07) is 6.04. The van der Waals surface area contributed by atoms with Gasteiger partial charge in [0.2, 0.25) is 0 Å². The molecule has 1 aromatic carbocycles. The predicted octanol–water partition coefficient (Wildman–Crippen LogP) is 2.33. The van der Waals surface area contributed by atoms with E-state index < -0.39 is 0 Å². The highest BCUT2D eigenvalue weighted by molar-refractivity contribution is 5.61. The quantitative estimate of drug-likeness (QED) is 0.910. The van der Waals surface area contributed by atoms with Crippen LogP contribution in [0, 0.1) is 0 Å². The second-order valence-corrected chi connectivity index (χ2v) is 5.71. The summed E-state index contributed by atoms with van der Waals surface area (Å²) >= 11 is 0. The van der Waals surface area contributed by atoms with Crippen LogP contribution in [0.3, 0.4) is 0 Å². The molecule has 1 aromatic rings. The molecule has 1 aliphatic rings. The van der Waals surface area contributed by atoms with Crippen LogP contribution in [0.25, 0.3) is 0 Å². The van der Waals surface area contributed by atoms with Crippen molar-refractivity contribution in [2.75, 3.05) is 31.7 Å². The summed E-state index contributed by atoms with van der Waals surface area (Å²) in [5.41, 5.74) is 8.23. The number of nitrogens with zero attached hydrogens (tertiary/aromatic N) is 1. The lowest BCUT2D eigenvalue weighted by Crippen LogP contribution is -2.48. The molecule has 0 aromatic heterocycles. The molecule has 106 valence electrons. The van der Waals surface area contributed by atoms with Crippen LogP contribution >= 0.6 is 0 Å². The fourth-order valence-corrected chi connectivity index (χ4v) is 2.67. The first-order valence-corrected chi connectivity index (χ1v) is 6.76. The zero-order valence-corrected chi connectivity index (χ0v) is 12.3. The van der Waals surface area contributed by atoms with E-state index in [4.69, 9.17) is 15.2 Å². The fourth-order valence-electron chi connectivity index (χ4n) is 2.67. The average molecular weight is 264 g/mol. The van der Waals surface area contributed by atoms with Crippen LogP contribution in [-0.2, 0) is 4.74 Å². The largest absolute Gasteiger partial charge is 0.496 e. The third-order valence-electron chi connectivity index (χ3n) is 3.48. The highest BCUT2D eigenvalue weighted by Crippen LogP contribution is 2.35. The number of morpholine rings is 1. The zero-order chi connectivity index (χ0) is 14.0. The molecule has 1 atom stereocenters. The molecule has 1 heterocycles. The lowest BCUT2D eigenvalue weighted by molar-refractivity contribution is -0.0277. The number of benzene rings is 1. The lowest BCUT2D eigenvalue weighted by atomic mass is 10.0. The SMILES string of the molecule is COc1cccc(N2CCOC(C)(C)C2)c1[C@H](C)N. The molecule has 1 aliphatic heterocycles. The van der Waals surface area contributed by atoms with Gasteiger partial charge in [-0.15, -0.1) is 0 Å². The summed E-state index contributed by atoms with van der Waals surface area (Å²) in [5.74, 6) is 0.858. The molecule has 0 amide bonds. The summed E-state index contributed by atoms with van der Waals surface area (Å²) in [4.78, 5) is 2.34. The molecular weight excluding hydrogens is 240 g/mol. The second kappa shape index (κ2) is 5.39. The van der Waals surface area contributed by atoms with Gasteiger partial charge in [-0.3, -0.25) is 0 Å². The van der Waals surface area contributed by atoms with Gasteiger partial charge in [-0.2, -0.15) is 0 Å². The number of anilines is 1. The summed E-state index contributed by atoms with van der Waals surface area (Å²) < 4.78 is 11.2. The number of ether oxygens (including phenoxy) is 2. The maximum atomic E-state index is 6.13. The van der Waals surface area contributed by atoms with E-state index in [1.165, 1.54) is 0 Å². The summed E-state index contributed by atoms with van der Waals surface area (Å²) in [7, 11) is 1.69. The molecule has 1 fully saturated rings. The number of rotatable bonds is 3. The van der Waals surface area contributed by atoms with Gasteiger partial charge < -0.3 is 20.1 Å². The highest BCUT2D eigenvalue weighted by Gasteiger charge is 2.29. The molecule has 0 unspecified atom stereocenters. The molecule has 0 bridgehead atoms. The maximum absolute atomic E-state index is 6.13. The normalized spacial score (nSPS) is 20.2. The van der Waals surface area contributed by atoms with E-state index in [0.29, 0.717) is 0 Å². The van der Waals surface area contributed by atoms with Crippen molar-refractivity contribution in [3.05, 3.63) is 23.8 Å². The van der Waals surface area contributed by atoms with E-state index in [0.717, 1.165) is 36.7 Å². The second-order valence-electron chi connectivity index (χ2n) is 5.71. The average Bonchev–Trinajstić information content (AvgIpc) is 2.36. The van der Waals surface area contributed by atoms with Crippen molar-refractivity contribution in [1.82, 2.24) is 0 Å². The van der Waals surface area contributed by atoms with Crippen LogP contribution in [0.1, 0.15) is 32.4 Å². The van der Waals surface area contributed by atoms with Crippen LogP contribution < -0.4 is 15.4 Å². The minimum Gasteiger partial charge on any atom is -0.496 e. The van der Waals surface area contributed by atoms with Crippen molar-refractivity contribution in [2.24, 2.45) is 5.73 Å². The third-order valence-corrected chi connectivity index (χ3v) is 3.48. The Kier molecular flexibility index (Phi) is 4.02. The van der Waals surface area contributed by atoms with E-state index in [-0.39, 0.29) is 11.6 Å². The van der Waals surface area contributed by atoms with Crippen molar-refractivity contribution in [1.29, 1.82) is 0 Å². The van der Waals surface area contributed by atoms with Crippen molar-refractivity contribution in [2.45, 2.75) is 32.4 Å². The summed E-state index contributed by atoms with van der Waals surface area (Å²) in [6.45, 7) is 8.71. The smallest absolute Gasteiger partial charge is 0.125 e. The topological polar surface area (TPSA) is 47.7 Å². The van der Waals surface area contributed by atoms with Gasteiger partial charge in [0, 0.05) is 30.4 Å². The van der Waals surface area contributed by atoms with E-state index in [2.05, 4.69) is 24.8 Å². The first-order chi connectivity index (χ1) is 8.94. The Bertz CT molecular complexity index is 444. The minimum absolute atomic E-state index is 0.0582. The van der Waals surface area contributed by atoms with Crippen molar-refractivity contribution in [3.8, 4) is 5.75 Å². The van der Waals surface area contributed by atoms with Crippen molar-refractivity contribution < 1.29 is 9.47 Å². The molecule has 4 nitrogen and oxygen atoms in total. The Balaban J connectivity index is 2.38. The van der Waals surface area contributed by atoms with Gasteiger partial charge in [-0.25, -0.2) is 0 Å². The fraction of sp³-hybridized carbons (Fsp3) is 0.600. The van der Waals surface area contributed by atoms with E-state index in [1.807, 2.05) is 19.1 Å². The van der Waals surface area contributed by atoms with Gasteiger partial charge in [0.15, 0.2) is 0 Å². The molecule has 2 rings (SSSR count). The van der Waals surface area contributed by atoms with Gasteiger partial charge in [-0.05, 0) is 32.9 Å². The number of nitrogens with two attached hydrogens (primary N) is 1. The predicted molar refractivity (Wildman–Crippen MR) is 77.8 cm³/mol. The number of hydrogen-bond donors (Lipinski definition) is 1. The summed E-state index contributed by atoms with van der Waals surface area (Å²) in [6.07, 6.45) is 0. The van der Waals surface area contributed by atoms with E-state index in [1.54, 1.807) is 7.11 Å². The maximum Gasteiger partial charge on any atom is 0.125 e. The van der Waals surface area contributed by atoms with Gasteiger partial charge in [0.05, 0.1) is 19.3 Å². The Hall–Kier alpha value is -1.26. The van der Waals surface area contributed by atoms with Crippen molar-refractivity contribution >= 4 is 5.69 Å². The Morgan fingerprint density at radius 2 is 2.16 bits per heavy atom. The third kappa shape index (κ3) is 3.01. The molecule has 2 N–H and O–H groups in total. The first kappa shape index (κ1) is 14.2. The monoisotopic (exact) mass is 264 g/mol. The lowest BCUT2D eigenvalue weighted by Gasteiger charge is -2.40. The molecule has 4 heteroatoms. The molecule has 0 spiro atoms. The number of hydrogen-bond acceptors (Lipinski definition) is 4. The molecule has 0 aliphatic carbocycles. The van der Waals surface area contributed by atoms with Gasteiger partial charge >= 0.3 is 0 Å². The van der Waals surface area contributed by atoms with Crippen LogP contribution in [0.4, 0.5) is 5.69 Å². The first-order valence-electron chi connectivity index (χ1n) is 6.76. The number of methoxy groups -OCH3 is 1. The van der Waals surface area contributed by atoms with Crippen LogP contribution in [0.5, 0.6) is 5.75 Å². The standard InChI is InChI=1S/C15H24N2O2/c1-11(16)14-12(6-5-7-13(14)18-4)17-8-9-19-15(2,3)10-17/h5-7,11H,8-10,16H2,1-4H3/t11-/m0/s1. The Morgan fingerprint density at radius 1 is 1.42 bits per heavy atom. The Morgan fingerprint density at radius 3 is 2.74 bits per heavy atom. The molecule has 0 radical (unpaired) electrons. The molecule has 19 heavy (non-hydrogen) atoms.